The summed E-state index contributed by atoms with van der Waals surface area (Å²) in [5, 5.41) is 0.202. The van der Waals surface area contributed by atoms with E-state index in [-0.39, 0.29) is 16.9 Å². The Balaban J connectivity index is 1.68. The molecule has 3 rings (SSSR count). The third kappa shape index (κ3) is 2.17. The van der Waals surface area contributed by atoms with Crippen LogP contribution in [0.15, 0.2) is 18.2 Å². The van der Waals surface area contributed by atoms with Crippen molar-refractivity contribution in [3.63, 3.8) is 0 Å². The van der Waals surface area contributed by atoms with Gasteiger partial charge in [-0.2, -0.15) is 0 Å². The zero-order valence-electron chi connectivity index (χ0n) is 10.4. The van der Waals surface area contributed by atoms with Crippen LogP contribution in [-0.4, -0.2) is 6.04 Å². The Morgan fingerprint density at radius 1 is 1.28 bits per heavy atom. The molecule has 0 radical (unpaired) electrons. The molecular formula is C15H19ClFN. The minimum atomic E-state index is -0.293. The molecule has 0 saturated heterocycles. The second-order valence-corrected chi connectivity index (χ2v) is 6.18. The van der Waals surface area contributed by atoms with Crippen LogP contribution in [0.4, 0.5) is 4.39 Å². The van der Waals surface area contributed by atoms with Gasteiger partial charge in [-0.15, -0.1) is 0 Å². The maximum atomic E-state index is 13.8. The zero-order chi connectivity index (χ0) is 12.7. The van der Waals surface area contributed by atoms with Crippen LogP contribution in [0.25, 0.3) is 0 Å². The second kappa shape index (κ2) is 4.82. The summed E-state index contributed by atoms with van der Waals surface area (Å²) in [6.45, 7) is 0. The van der Waals surface area contributed by atoms with E-state index in [4.69, 9.17) is 17.3 Å². The molecular weight excluding hydrogens is 249 g/mol. The third-order valence-corrected chi connectivity index (χ3v) is 5.00. The zero-order valence-corrected chi connectivity index (χ0v) is 11.2. The van der Waals surface area contributed by atoms with Gasteiger partial charge in [-0.25, -0.2) is 4.39 Å². The van der Waals surface area contributed by atoms with E-state index in [2.05, 4.69) is 0 Å². The van der Waals surface area contributed by atoms with Crippen molar-refractivity contribution in [3.05, 3.63) is 34.6 Å². The molecule has 3 heteroatoms. The van der Waals surface area contributed by atoms with Gasteiger partial charge in [0.1, 0.15) is 5.82 Å². The highest BCUT2D eigenvalue weighted by Crippen LogP contribution is 2.56. The van der Waals surface area contributed by atoms with Gasteiger partial charge in [0.05, 0.1) is 5.02 Å². The summed E-state index contributed by atoms with van der Waals surface area (Å²) in [4.78, 5) is 0. The van der Waals surface area contributed by atoms with Crippen molar-refractivity contribution in [2.24, 2.45) is 23.5 Å². The fraction of sp³-hybridized carbons (Fsp3) is 0.600. The minimum Gasteiger partial charge on any atom is -0.327 e. The summed E-state index contributed by atoms with van der Waals surface area (Å²) in [7, 11) is 0. The molecule has 0 bridgehead atoms. The number of fused-ring (bicyclic) bond motifs is 1. The van der Waals surface area contributed by atoms with E-state index < -0.39 is 0 Å². The first kappa shape index (κ1) is 12.4. The number of benzene rings is 1. The Hall–Kier alpha value is -0.600. The summed E-state index contributed by atoms with van der Waals surface area (Å²) >= 11 is 5.80. The highest BCUT2D eigenvalue weighted by atomic mass is 35.5. The number of halogens is 2. The molecule has 0 aliphatic heterocycles. The standard InChI is InChI=1S/C15H19ClFN/c16-12-7-3-4-9(15(12)17)8-13(18)14-10-5-1-2-6-11(10)14/h3-4,7,10-11,13-14H,1-2,5-6,8,18H2. The van der Waals surface area contributed by atoms with Gasteiger partial charge in [0.25, 0.3) is 0 Å². The lowest BCUT2D eigenvalue weighted by Gasteiger charge is -2.12. The van der Waals surface area contributed by atoms with Crippen molar-refractivity contribution in [1.82, 2.24) is 0 Å². The topological polar surface area (TPSA) is 26.0 Å². The van der Waals surface area contributed by atoms with Gasteiger partial charge >= 0.3 is 0 Å². The van der Waals surface area contributed by atoms with Crippen molar-refractivity contribution in [2.45, 2.75) is 38.1 Å². The second-order valence-electron chi connectivity index (χ2n) is 5.77. The van der Waals surface area contributed by atoms with E-state index in [9.17, 15) is 4.39 Å². The van der Waals surface area contributed by atoms with Gasteiger partial charge in [-0.3, -0.25) is 0 Å². The smallest absolute Gasteiger partial charge is 0.145 e. The fourth-order valence-electron chi connectivity index (χ4n) is 3.78. The average molecular weight is 268 g/mol. The maximum absolute atomic E-state index is 13.8. The van der Waals surface area contributed by atoms with Crippen molar-refractivity contribution in [2.75, 3.05) is 0 Å². The molecule has 2 fully saturated rings. The number of hydrogen-bond acceptors (Lipinski definition) is 1. The Labute approximate surface area is 113 Å². The monoisotopic (exact) mass is 267 g/mol. The molecule has 0 aromatic heterocycles. The highest BCUT2D eigenvalue weighted by Gasteiger charge is 2.52. The van der Waals surface area contributed by atoms with Gasteiger partial charge in [-0.1, -0.05) is 36.6 Å². The molecule has 1 aromatic rings. The summed E-state index contributed by atoms with van der Waals surface area (Å²) in [6.07, 6.45) is 5.94. The lowest BCUT2D eigenvalue weighted by Crippen LogP contribution is -2.27. The van der Waals surface area contributed by atoms with Crippen LogP contribution in [0.5, 0.6) is 0 Å². The van der Waals surface area contributed by atoms with Crippen molar-refractivity contribution in [1.29, 1.82) is 0 Å². The van der Waals surface area contributed by atoms with E-state index in [0.717, 1.165) is 11.8 Å². The van der Waals surface area contributed by atoms with Crippen molar-refractivity contribution in [3.8, 4) is 0 Å². The summed E-state index contributed by atoms with van der Waals surface area (Å²) < 4.78 is 13.8. The molecule has 18 heavy (non-hydrogen) atoms. The number of rotatable bonds is 3. The molecule has 2 N–H and O–H groups in total. The van der Waals surface area contributed by atoms with E-state index >= 15 is 0 Å². The highest BCUT2D eigenvalue weighted by molar-refractivity contribution is 6.30. The summed E-state index contributed by atoms with van der Waals surface area (Å²) in [5.74, 6) is 1.95. The minimum absolute atomic E-state index is 0.0890. The molecule has 1 aromatic carbocycles. The number of nitrogens with two attached hydrogens (primary N) is 1. The Morgan fingerprint density at radius 2 is 1.94 bits per heavy atom. The van der Waals surface area contributed by atoms with Crippen LogP contribution >= 0.6 is 11.6 Å². The molecule has 98 valence electrons. The van der Waals surface area contributed by atoms with Gasteiger partial charge in [0.15, 0.2) is 0 Å². The molecule has 2 aliphatic rings. The average Bonchev–Trinajstić information content (AvgIpc) is 3.09. The molecule has 2 aliphatic carbocycles. The van der Waals surface area contributed by atoms with Crippen LogP contribution in [0.3, 0.4) is 0 Å². The lowest BCUT2D eigenvalue weighted by molar-refractivity contribution is 0.480. The van der Waals surface area contributed by atoms with Crippen molar-refractivity contribution >= 4 is 11.6 Å². The first-order valence-corrected chi connectivity index (χ1v) is 7.24. The quantitative estimate of drug-likeness (QED) is 0.886. The van der Waals surface area contributed by atoms with Gasteiger partial charge < -0.3 is 5.73 Å². The molecule has 3 unspecified atom stereocenters. The Morgan fingerprint density at radius 3 is 2.61 bits per heavy atom. The first-order chi connectivity index (χ1) is 8.68. The molecule has 0 heterocycles. The lowest BCUT2D eigenvalue weighted by atomic mass is 10.0. The maximum Gasteiger partial charge on any atom is 0.145 e. The Bertz CT molecular complexity index is 436. The van der Waals surface area contributed by atoms with Crippen LogP contribution in [0, 0.1) is 23.6 Å². The van der Waals surface area contributed by atoms with Gasteiger partial charge in [0.2, 0.25) is 0 Å². The predicted molar refractivity (Wildman–Crippen MR) is 72.0 cm³/mol. The molecule has 1 nitrogen and oxygen atoms in total. The van der Waals surface area contributed by atoms with E-state index in [1.54, 1.807) is 18.2 Å². The normalized spacial score (nSPS) is 31.8. The fourth-order valence-corrected chi connectivity index (χ4v) is 3.97. The largest absolute Gasteiger partial charge is 0.327 e. The summed E-state index contributed by atoms with van der Waals surface area (Å²) in [5.41, 5.74) is 6.95. The molecule has 0 spiro atoms. The number of hydrogen-bond donors (Lipinski definition) is 1. The van der Waals surface area contributed by atoms with Crippen LogP contribution in [0.2, 0.25) is 5.02 Å². The van der Waals surface area contributed by atoms with E-state index in [0.29, 0.717) is 17.9 Å². The summed E-state index contributed by atoms with van der Waals surface area (Å²) in [6, 6.07) is 5.27. The van der Waals surface area contributed by atoms with E-state index in [1.807, 2.05) is 0 Å². The van der Waals surface area contributed by atoms with Crippen LogP contribution < -0.4 is 5.73 Å². The predicted octanol–water partition coefficient (Wildman–Crippen LogP) is 3.79. The van der Waals surface area contributed by atoms with Crippen LogP contribution in [0.1, 0.15) is 31.2 Å². The van der Waals surface area contributed by atoms with Gasteiger partial charge in [-0.05, 0) is 48.6 Å². The van der Waals surface area contributed by atoms with Gasteiger partial charge in [0, 0.05) is 6.04 Å². The van der Waals surface area contributed by atoms with E-state index in [1.165, 1.54) is 25.7 Å². The molecule has 3 atom stereocenters. The third-order valence-electron chi connectivity index (χ3n) is 4.70. The van der Waals surface area contributed by atoms with Crippen LogP contribution in [-0.2, 0) is 6.42 Å². The molecule has 0 amide bonds. The first-order valence-electron chi connectivity index (χ1n) is 6.87. The SMILES string of the molecule is NC(Cc1cccc(Cl)c1F)C1C2CCCCC21. The van der Waals surface area contributed by atoms with Crippen molar-refractivity contribution < 1.29 is 4.39 Å². The Kier molecular flexibility index (Phi) is 3.33. The molecule has 2 saturated carbocycles.